The molecule has 0 saturated heterocycles. The molecule has 2 N–H and O–H groups in total. The molecule has 0 amide bonds. The molecule has 0 saturated carbocycles. The molecule has 0 heterocycles. The van der Waals surface area contributed by atoms with E-state index in [9.17, 15) is 18.6 Å². The lowest BCUT2D eigenvalue weighted by atomic mass is 10.1. The van der Waals surface area contributed by atoms with Crippen molar-refractivity contribution in [2.75, 3.05) is 13.7 Å². The third-order valence-electron chi connectivity index (χ3n) is 3.22. The van der Waals surface area contributed by atoms with Gasteiger partial charge in [0.2, 0.25) is 0 Å². The van der Waals surface area contributed by atoms with Crippen molar-refractivity contribution >= 4 is 16.2 Å². The van der Waals surface area contributed by atoms with Gasteiger partial charge < -0.3 is 14.9 Å². The molecule has 0 unspecified atom stereocenters. The van der Waals surface area contributed by atoms with Crippen molar-refractivity contribution in [2.24, 2.45) is 0 Å². The quantitative estimate of drug-likeness (QED) is 0.589. The van der Waals surface area contributed by atoms with Crippen molar-refractivity contribution in [1.29, 1.82) is 0 Å². The molecular weight excluding hydrogens is 332 g/mol. The predicted molar refractivity (Wildman–Crippen MR) is 90.4 cm³/mol. The smallest absolute Gasteiger partial charge is 0.290 e. The number of methoxy groups -OCH3 is 1. The van der Waals surface area contributed by atoms with Crippen LogP contribution in [0.4, 0.5) is 0 Å². The van der Waals surface area contributed by atoms with Crippen LogP contribution < -0.4 is 4.74 Å². The van der Waals surface area contributed by atoms with Gasteiger partial charge in [0.1, 0.15) is 5.75 Å². The van der Waals surface area contributed by atoms with Gasteiger partial charge in [-0.25, -0.2) is 0 Å². The summed E-state index contributed by atoms with van der Waals surface area (Å²) in [6, 6.07) is 11.2. The van der Waals surface area contributed by atoms with Gasteiger partial charge in [-0.15, -0.1) is 0 Å². The summed E-state index contributed by atoms with van der Waals surface area (Å²) < 4.78 is 33.6. The monoisotopic (exact) mass is 350 g/mol. The van der Waals surface area contributed by atoms with E-state index in [1.54, 1.807) is 19.2 Å². The zero-order chi connectivity index (χ0) is 17.6. The summed E-state index contributed by atoms with van der Waals surface area (Å²) in [7, 11) is -2.26. The predicted octanol–water partition coefficient (Wildman–Crippen LogP) is 2.67. The van der Waals surface area contributed by atoms with Crippen LogP contribution in [0.1, 0.15) is 11.1 Å². The Morgan fingerprint density at radius 2 is 1.75 bits per heavy atom. The summed E-state index contributed by atoms with van der Waals surface area (Å²) in [5.41, 5.74) is 1.35. The maximum atomic E-state index is 11.8. The van der Waals surface area contributed by atoms with Gasteiger partial charge in [0.25, 0.3) is 10.1 Å². The lowest BCUT2D eigenvalue weighted by molar-refractivity contribution is 0.328. The molecule has 7 heteroatoms. The Hall–Kier alpha value is -2.51. The van der Waals surface area contributed by atoms with Gasteiger partial charge in [0, 0.05) is 0 Å². The highest BCUT2D eigenvalue weighted by molar-refractivity contribution is 7.89. The molecule has 0 aliphatic carbocycles. The zero-order valence-corrected chi connectivity index (χ0v) is 13.9. The number of phenols is 2. The highest BCUT2D eigenvalue weighted by Gasteiger charge is 2.07. The molecule has 6 nitrogen and oxygen atoms in total. The molecule has 128 valence electrons. The van der Waals surface area contributed by atoms with Crippen molar-refractivity contribution in [1.82, 2.24) is 0 Å². The van der Waals surface area contributed by atoms with E-state index in [-0.39, 0.29) is 18.1 Å². The number of phenolic OH excluding ortho intramolecular Hbond substituents is 2. The normalized spacial score (nSPS) is 11.7. The van der Waals surface area contributed by atoms with E-state index in [0.717, 1.165) is 16.7 Å². The van der Waals surface area contributed by atoms with Gasteiger partial charge in [-0.3, -0.25) is 4.18 Å². The molecule has 24 heavy (non-hydrogen) atoms. The number of rotatable bonds is 7. The van der Waals surface area contributed by atoms with Crippen LogP contribution in [-0.2, 0) is 20.7 Å². The fourth-order valence-corrected chi connectivity index (χ4v) is 2.63. The Labute approximate surface area is 140 Å². The number of benzene rings is 2. The van der Waals surface area contributed by atoms with Crippen LogP contribution in [-0.4, -0.2) is 32.3 Å². The first-order chi connectivity index (χ1) is 11.4. The minimum atomic E-state index is -3.84. The molecule has 0 aromatic heterocycles. The second kappa shape index (κ2) is 7.85. The van der Waals surface area contributed by atoms with E-state index in [4.69, 9.17) is 8.92 Å². The largest absolute Gasteiger partial charge is 0.504 e. The van der Waals surface area contributed by atoms with E-state index < -0.39 is 10.1 Å². The van der Waals surface area contributed by atoms with Crippen LogP contribution in [0.3, 0.4) is 0 Å². The average Bonchev–Trinajstić information content (AvgIpc) is 2.56. The van der Waals surface area contributed by atoms with Crippen molar-refractivity contribution in [3.63, 3.8) is 0 Å². The van der Waals surface area contributed by atoms with Crippen LogP contribution in [0.25, 0.3) is 6.08 Å². The van der Waals surface area contributed by atoms with Crippen molar-refractivity contribution in [3.05, 3.63) is 59.0 Å². The third-order valence-corrected chi connectivity index (χ3v) is 4.19. The SMILES string of the molecule is COc1ccc(CCOS(=O)(=O)/C=C/c2ccc(O)c(O)c2)cc1. The second-order valence-electron chi connectivity index (χ2n) is 4.96. The third kappa shape index (κ3) is 5.29. The molecule has 0 aliphatic rings. The lowest BCUT2D eigenvalue weighted by Gasteiger charge is -2.04. The average molecular weight is 350 g/mol. The van der Waals surface area contributed by atoms with E-state index in [2.05, 4.69) is 0 Å². The molecule has 0 radical (unpaired) electrons. The van der Waals surface area contributed by atoms with E-state index >= 15 is 0 Å². The summed E-state index contributed by atoms with van der Waals surface area (Å²) in [5, 5.41) is 19.5. The van der Waals surface area contributed by atoms with Crippen LogP contribution in [0.2, 0.25) is 0 Å². The summed E-state index contributed by atoms with van der Waals surface area (Å²) in [4.78, 5) is 0. The first-order valence-corrected chi connectivity index (χ1v) is 8.59. The van der Waals surface area contributed by atoms with Gasteiger partial charge in [0.15, 0.2) is 11.5 Å². The molecule has 2 aromatic carbocycles. The van der Waals surface area contributed by atoms with Gasteiger partial charge in [-0.05, 0) is 47.9 Å². The standard InChI is InChI=1S/C17H18O6S/c1-22-15-5-2-13(3-6-15)8-10-23-24(20,21)11-9-14-4-7-16(18)17(19)12-14/h2-7,9,11-12,18-19H,8,10H2,1H3/b11-9+. The van der Waals surface area contributed by atoms with Crippen LogP contribution in [0.15, 0.2) is 47.9 Å². The maximum Gasteiger partial charge on any atom is 0.290 e. The molecule has 0 atom stereocenters. The molecular formula is C17H18O6S. The second-order valence-corrected chi connectivity index (χ2v) is 6.46. The van der Waals surface area contributed by atoms with E-state index in [0.29, 0.717) is 12.0 Å². The number of aromatic hydroxyl groups is 2. The van der Waals surface area contributed by atoms with Gasteiger partial charge >= 0.3 is 0 Å². The van der Waals surface area contributed by atoms with Crippen LogP contribution >= 0.6 is 0 Å². The highest BCUT2D eigenvalue weighted by atomic mass is 32.2. The highest BCUT2D eigenvalue weighted by Crippen LogP contribution is 2.25. The minimum Gasteiger partial charge on any atom is -0.504 e. The Morgan fingerprint density at radius 1 is 1.04 bits per heavy atom. The summed E-state index contributed by atoms with van der Waals surface area (Å²) in [6.07, 6.45) is 1.72. The Morgan fingerprint density at radius 3 is 2.38 bits per heavy atom. The summed E-state index contributed by atoms with van der Waals surface area (Å²) in [6.45, 7) is 0.0137. The van der Waals surface area contributed by atoms with E-state index in [1.165, 1.54) is 24.3 Å². The van der Waals surface area contributed by atoms with Gasteiger partial charge in [-0.1, -0.05) is 18.2 Å². The zero-order valence-electron chi connectivity index (χ0n) is 13.0. The van der Waals surface area contributed by atoms with Crippen LogP contribution in [0, 0.1) is 0 Å². The van der Waals surface area contributed by atoms with Crippen molar-refractivity contribution < 1.29 is 27.6 Å². The Kier molecular flexibility index (Phi) is 5.83. The Bertz CT molecular complexity index is 809. The summed E-state index contributed by atoms with van der Waals surface area (Å²) in [5.74, 6) is 0.132. The van der Waals surface area contributed by atoms with Gasteiger partial charge in [0.05, 0.1) is 19.1 Å². The van der Waals surface area contributed by atoms with Gasteiger partial charge in [-0.2, -0.15) is 8.42 Å². The molecule has 2 aromatic rings. The van der Waals surface area contributed by atoms with E-state index in [1.807, 2.05) is 12.1 Å². The lowest BCUT2D eigenvalue weighted by Crippen LogP contribution is -2.05. The van der Waals surface area contributed by atoms with Crippen molar-refractivity contribution in [3.8, 4) is 17.2 Å². The van der Waals surface area contributed by atoms with Crippen molar-refractivity contribution in [2.45, 2.75) is 6.42 Å². The fourth-order valence-electron chi connectivity index (χ4n) is 1.91. The topological polar surface area (TPSA) is 93.1 Å². The first-order valence-electron chi connectivity index (χ1n) is 7.12. The summed E-state index contributed by atoms with van der Waals surface area (Å²) >= 11 is 0. The fraction of sp³-hybridized carbons (Fsp3) is 0.176. The minimum absolute atomic E-state index is 0.0137. The Balaban J connectivity index is 1.90. The number of ether oxygens (including phenoxy) is 1. The molecule has 0 fully saturated rings. The molecule has 0 spiro atoms. The maximum absolute atomic E-state index is 11.8. The molecule has 0 aliphatic heterocycles. The molecule has 0 bridgehead atoms. The van der Waals surface area contributed by atoms with Crippen LogP contribution in [0.5, 0.6) is 17.2 Å². The first kappa shape index (κ1) is 17.8. The number of hydrogen-bond donors (Lipinski definition) is 2. The number of hydrogen-bond acceptors (Lipinski definition) is 6. The molecule has 2 rings (SSSR count).